The molecule has 0 fully saturated rings. The topological polar surface area (TPSA) is 47.1 Å². The Labute approximate surface area is 123 Å². The van der Waals surface area contributed by atoms with Crippen molar-refractivity contribution < 1.29 is 8.78 Å². The fourth-order valence-electron chi connectivity index (χ4n) is 2.18. The molecular formula is C15H20F2N4. The first kappa shape index (κ1) is 15.6. The minimum absolute atomic E-state index is 0.532. The van der Waals surface area contributed by atoms with Crippen LogP contribution in [-0.4, -0.2) is 34.3 Å². The van der Waals surface area contributed by atoms with Crippen LogP contribution < -0.4 is 5.73 Å². The number of nitrogens with two attached hydrogens (primary N) is 1. The van der Waals surface area contributed by atoms with Crippen LogP contribution in [0.3, 0.4) is 0 Å². The Bertz CT molecular complexity index is 527. The van der Waals surface area contributed by atoms with Crippen LogP contribution in [0.25, 0.3) is 0 Å². The van der Waals surface area contributed by atoms with E-state index in [0.717, 1.165) is 13.0 Å². The van der Waals surface area contributed by atoms with Gasteiger partial charge < -0.3 is 5.73 Å². The van der Waals surface area contributed by atoms with Gasteiger partial charge in [0.2, 0.25) is 0 Å². The van der Waals surface area contributed by atoms with Gasteiger partial charge in [-0.2, -0.15) is 13.9 Å². The maximum atomic E-state index is 12.5. The first-order chi connectivity index (χ1) is 10.2. The molecule has 0 aliphatic carbocycles. The summed E-state index contributed by atoms with van der Waals surface area (Å²) in [6, 6.07) is 11.8. The number of nitrogens with zero attached hydrogens (tertiary/aromatic N) is 3. The van der Waals surface area contributed by atoms with E-state index in [1.165, 1.54) is 11.8 Å². The minimum atomic E-state index is -2.59. The van der Waals surface area contributed by atoms with Gasteiger partial charge in [-0.25, -0.2) is 4.68 Å². The number of rotatable bonds is 8. The summed E-state index contributed by atoms with van der Waals surface area (Å²) < 4.78 is 25.7. The fraction of sp³-hybridized carbons (Fsp3) is 0.400. The molecule has 0 atom stereocenters. The van der Waals surface area contributed by atoms with E-state index >= 15 is 0 Å². The SMILES string of the molecule is NCCN(CCc1ccccc1)Cc1ccn(C(F)F)n1. The van der Waals surface area contributed by atoms with Gasteiger partial charge in [0.05, 0.1) is 5.69 Å². The second-order valence-corrected chi connectivity index (χ2v) is 4.87. The van der Waals surface area contributed by atoms with E-state index in [4.69, 9.17) is 5.73 Å². The Hall–Kier alpha value is -1.79. The van der Waals surface area contributed by atoms with Crippen LogP contribution in [0.4, 0.5) is 8.78 Å². The molecule has 1 aromatic carbocycles. The van der Waals surface area contributed by atoms with E-state index in [2.05, 4.69) is 22.1 Å². The molecule has 0 aliphatic heterocycles. The zero-order chi connectivity index (χ0) is 15.1. The van der Waals surface area contributed by atoms with Gasteiger partial charge in [0.25, 0.3) is 0 Å². The number of alkyl halides is 2. The van der Waals surface area contributed by atoms with Gasteiger partial charge in [-0.15, -0.1) is 0 Å². The van der Waals surface area contributed by atoms with Crippen LogP contribution >= 0.6 is 0 Å². The van der Waals surface area contributed by atoms with Crippen LogP contribution in [0, 0.1) is 0 Å². The Morgan fingerprint density at radius 2 is 1.90 bits per heavy atom. The average Bonchev–Trinajstić information content (AvgIpc) is 2.95. The molecule has 0 amide bonds. The summed E-state index contributed by atoms with van der Waals surface area (Å²) in [6.45, 7) is 0.0108. The van der Waals surface area contributed by atoms with Crippen molar-refractivity contribution in [1.29, 1.82) is 0 Å². The maximum Gasteiger partial charge on any atom is 0.333 e. The van der Waals surface area contributed by atoms with Gasteiger partial charge in [0.1, 0.15) is 0 Å². The number of benzene rings is 1. The molecule has 1 aromatic heterocycles. The lowest BCUT2D eigenvalue weighted by molar-refractivity contribution is 0.0558. The van der Waals surface area contributed by atoms with Crippen molar-refractivity contribution in [2.24, 2.45) is 5.73 Å². The highest BCUT2D eigenvalue weighted by Crippen LogP contribution is 2.10. The molecule has 0 saturated heterocycles. The summed E-state index contributed by atoms with van der Waals surface area (Å²) in [4.78, 5) is 2.13. The van der Waals surface area contributed by atoms with E-state index in [0.29, 0.717) is 30.0 Å². The molecule has 0 bridgehead atoms. The minimum Gasteiger partial charge on any atom is -0.329 e. The van der Waals surface area contributed by atoms with Gasteiger partial charge in [-0.05, 0) is 18.1 Å². The Morgan fingerprint density at radius 1 is 1.14 bits per heavy atom. The van der Waals surface area contributed by atoms with Crippen molar-refractivity contribution in [3.05, 3.63) is 53.9 Å². The largest absolute Gasteiger partial charge is 0.333 e. The summed E-state index contributed by atoms with van der Waals surface area (Å²) in [5.74, 6) is 0. The van der Waals surface area contributed by atoms with E-state index in [1.807, 2.05) is 18.2 Å². The molecular weight excluding hydrogens is 274 g/mol. The van der Waals surface area contributed by atoms with Gasteiger partial charge in [-0.1, -0.05) is 30.3 Å². The van der Waals surface area contributed by atoms with Gasteiger partial charge in [0.15, 0.2) is 0 Å². The molecule has 114 valence electrons. The van der Waals surface area contributed by atoms with Crippen molar-refractivity contribution in [3.63, 3.8) is 0 Å². The Kier molecular flexibility index (Phi) is 5.83. The number of halogens is 2. The summed E-state index contributed by atoms with van der Waals surface area (Å²) >= 11 is 0. The summed E-state index contributed by atoms with van der Waals surface area (Å²) in [5.41, 5.74) is 7.50. The standard InChI is InChI=1S/C15H20F2N4/c16-15(17)21-10-7-14(19-21)12-20(11-8-18)9-6-13-4-2-1-3-5-13/h1-5,7,10,15H,6,8-9,11-12,18H2. The molecule has 0 radical (unpaired) electrons. The highest BCUT2D eigenvalue weighted by molar-refractivity contribution is 5.15. The summed E-state index contributed by atoms with van der Waals surface area (Å²) in [7, 11) is 0. The molecule has 21 heavy (non-hydrogen) atoms. The molecule has 2 aromatic rings. The number of aromatic nitrogens is 2. The highest BCUT2D eigenvalue weighted by Gasteiger charge is 2.11. The molecule has 2 rings (SSSR count). The van der Waals surface area contributed by atoms with Crippen LogP contribution in [0.15, 0.2) is 42.6 Å². The van der Waals surface area contributed by atoms with Crippen LogP contribution in [-0.2, 0) is 13.0 Å². The first-order valence-electron chi connectivity index (χ1n) is 6.97. The molecule has 1 heterocycles. The van der Waals surface area contributed by atoms with Crippen LogP contribution in [0.2, 0.25) is 0 Å². The van der Waals surface area contributed by atoms with Gasteiger partial charge in [0, 0.05) is 32.4 Å². The van der Waals surface area contributed by atoms with E-state index < -0.39 is 6.55 Å². The van der Waals surface area contributed by atoms with Gasteiger partial charge in [-0.3, -0.25) is 4.90 Å². The second kappa shape index (κ2) is 7.85. The lowest BCUT2D eigenvalue weighted by Gasteiger charge is -2.20. The molecule has 0 spiro atoms. The number of hydrogen-bond acceptors (Lipinski definition) is 3. The molecule has 2 N–H and O–H groups in total. The zero-order valence-corrected chi connectivity index (χ0v) is 11.8. The molecule has 0 aliphatic rings. The van der Waals surface area contributed by atoms with E-state index in [9.17, 15) is 8.78 Å². The van der Waals surface area contributed by atoms with Crippen LogP contribution in [0.5, 0.6) is 0 Å². The number of hydrogen-bond donors (Lipinski definition) is 1. The normalized spacial score (nSPS) is 11.5. The third-order valence-corrected chi connectivity index (χ3v) is 3.25. The smallest absolute Gasteiger partial charge is 0.329 e. The third kappa shape index (κ3) is 4.91. The quantitative estimate of drug-likeness (QED) is 0.812. The monoisotopic (exact) mass is 294 g/mol. The molecule has 0 saturated carbocycles. The van der Waals surface area contributed by atoms with Crippen LogP contribution in [0.1, 0.15) is 17.8 Å². The van der Waals surface area contributed by atoms with Crippen molar-refractivity contribution in [2.45, 2.75) is 19.5 Å². The molecule has 6 heteroatoms. The lowest BCUT2D eigenvalue weighted by Crippen LogP contribution is -2.31. The van der Waals surface area contributed by atoms with E-state index in [1.54, 1.807) is 6.07 Å². The Balaban J connectivity index is 1.91. The fourth-order valence-corrected chi connectivity index (χ4v) is 2.18. The maximum absolute atomic E-state index is 12.5. The molecule has 4 nitrogen and oxygen atoms in total. The first-order valence-corrected chi connectivity index (χ1v) is 6.97. The lowest BCUT2D eigenvalue weighted by atomic mass is 10.1. The third-order valence-electron chi connectivity index (χ3n) is 3.25. The van der Waals surface area contributed by atoms with E-state index in [-0.39, 0.29) is 0 Å². The Morgan fingerprint density at radius 3 is 2.52 bits per heavy atom. The second-order valence-electron chi connectivity index (χ2n) is 4.87. The molecule has 0 unspecified atom stereocenters. The predicted molar refractivity (Wildman–Crippen MR) is 78.0 cm³/mol. The average molecular weight is 294 g/mol. The zero-order valence-electron chi connectivity index (χ0n) is 11.8. The van der Waals surface area contributed by atoms with Gasteiger partial charge >= 0.3 is 6.55 Å². The summed E-state index contributed by atoms with van der Waals surface area (Å²) in [6.07, 6.45) is 2.20. The summed E-state index contributed by atoms with van der Waals surface area (Å²) in [5, 5.41) is 3.87. The van der Waals surface area contributed by atoms with Crippen molar-refractivity contribution in [2.75, 3.05) is 19.6 Å². The predicted octanol–water partition coefficient (Wildman–Crippen LogP) is 2.28. The highest BCUT2D eigenvalue weighted by atomic mass is 19.3. The van der Waals surface area contributed by atoms with Crippen molar-refractivity contribution in [3.8, 4) is 0 Å². The van der Waals surface area contributed by atoms with Crippen molar-refractivity contribution >= 4 is 0 Å². The van der Waals surface area contributed by atoms with Crippen molar-refractivity contribution in [1.82, 2.24) is 14.7 Å².